The molecule has 0 saturated carbocycles. The summed E-state index contributed by atoms with van der Waals surface area (Å²) in [6.07, 6.45) is 3.38. The minimum atomic E-state index is -0.533. The Bertz CT molecular complexity index is 1170. The normalized spacial score (nSPS) is 10.7. The zero-order valence-electron chi connectivity index (χ0n) is 16.1. The molecular formula is C22H21N5O2. The van der Waals surface area contributed by atoms with E-state index in [1.807, 2.05) is 72.7 Å². The molecule has 0 spiro atoms. The van der Waals surface area contributed by atoms with Gasteiger partial charge in [-0.3, -0.25) is 4.79 Å². The molecule has 0 radical (unpaired) electrons. The van der Waals surface area contributed by atoms with Crippen molar-refractivity contribution in [1.82, 2.24) is 9.97 Å². The van der Waals surface area contributed by atoms with E-state index in [-0.39, 0.29) is 0 Å². The zero-order chi connectivity index (χ0) is 20.4. The third kappa shape index (κ3) is 3.58. The minimum absolute atomic E-state index is 0.344. The van der Waals surface area contributed by atoms with Crippen LogP contribution in [0, 0.1) is 0 Å². The molecule has 0 fully saturated rings. The second-order valence-corrected chi connectivity index (χ2v) is 6.58. The fourth-order valence-corrected chi connectivity index (χ4v) is 3.28. The third-order valence-electron chi connectivity index (χ3n) is 4.80. The molecule has 0 unspecified atom stereocenters. The van der Waals surface area contributed by atoms with Crippen LogP contribution in [0.25, 0.3) is 10.9 Å². The van der Waals surface area contributed by atoms with Crippen LogP contribution in [0.15, 0.2) is 67.0 Å². The first-order valence-electron chi connectivity index (χ1n) is 9.07. The lowest BCUT2D eigenvalue weighted by molar-refractivity contribution is 0.100. The molecule has 146 valence electrons. The van der Waals surface area contributed by atoms with Gasteiger partial charge in [0, 0.05) is 36.6 Å². The quantitative estimate of drug-likeness (QED) is 0.461. The lowest BCUT2D eigenvalue weighted by Gasteiger charge is -2.23. The number of fused-ring (bicyclic) bond motifs is 1. The number of aromatic nitrogens is 2. The number of amides is 1. The molecular weight excluding hydrogens is 366 g/mol. The van der Waals surface area contributed by atoms with Gasteiger partial charge in [0.2, 0.25) is 0 Å². The molecule has 7 nitrogen and oxygen atoms in total. The van der Waals surface area contributed by atoms with Crippen LogP contribution in [0.1, 0.15) is 10.4 Å². The fraction of sp³-hybridized carbons (Fsp3) is 0.0909. The van der Waals surface area contributed by atoms with Gasteiger partial charge in [0.25, 0.3) is 5.91 Å². The highest BCUT2D eigenvalue weighted by Crippen LogP contribution is 2.33. The summed E-state index contributed by atoms with van der Waals surface area (Å²) in [5.74, 6) is 0.835. The predicted octanol–water partition coefficient (Wildman–Crippen LogP) is 4.18. The van der Waals surface area contributed by atoms with Crippen molar-refractivity contribution in [2.24, 2.45) is 5.73 Å². The highest BCUT2D eigenvalue weighted by Gasteiger charge is 2.17. The zero-order valence-corrected chi connectivity index (χ0v) is 16.1. The fourth-order valence-electron chi connectivity index (χ4n) is 3.28. The van der Waals surface area contributed by atoms with Crippen LogP contribution >= 0.6 is 0 Å². The van der Waals surface area contributed by atoms with Gasteiger partial charge in [0.05, 0.1) is 29.6 Å². The van der Waals surface area contributed by atoms with Gasteiger partial charge in [-0.2, -0.15) is 0 Å². The van der Waals surface area contributed by atoms with Crippen molar-refractivity contribution >= 4 is 39.7 Å². The van der Waals surface area contributed by atoms with E-state index >= 15 is 0 Å². The van der Waals surface area contributed by atoms with Gasteiger partial charge in [-0.05, 0) is 36.4 Å². The average Bonchev–Trinajstić information content (AvgIpc) is 3.22. The number of aromatic amines is 1. The van der Waals surface area contributed by atoms with Crippen molar-refractivity contribution < 1.29 is 9.53 Å². The van der Waals surface area contributed by atoms with Crippen molar-refractivity contribution in [3.8, 4) is 5.75 Å². The number of primary amides is 1. The van der Waals surface area contributed by atoms with Crippen LogP contribution in [-0.4, -0.2) is 30.0 Å². The molecule has 4 rings (SSSR count). The summed E-state index contributed by atoms with van der Waals surface area (Å²) in [6.45, 7) is 0. The number of nitrogens with one attached hydrogen (secondary N) is 2. The molecule has 0 bridgehead atoms. The van der Waals surface area contributed by atoms with Crippen molar-refractivity contribution in [2.45, 2.75) is 0 Å². The van der Waals surface area contributed by atoms with Crippen molar-refractivity contribution in [3.05, 3.63) is 72.6 Å². The second kappa shape index (κ2) is 7.55. The van der Waals surface area contributed by atoms with Crippen molar-refractivity contribution in [1.29, 1.82) is 0 Å². The Hall–Kier alpha value is -4.00. The number of rotatable bonds is 6. The Morgan fingerprint density at radius 3 is 2.66 bits per heavy atom. The number of ether oxygens (including phenoxy) is 1. The number of nitrogens with zero attached hydrogens (tertiary/aromatic N) is 2. The average molecular weight is 387 g/mol. The summed E-state index contributed by atoms with van der Waals surface area (Å²) in [4.78, 5) is 21.6. The smallest absolute Gasteiger partial charge is 0.252 e. The van der Waals surface area contributed by atoms with E-state index in [9.17, 15) is 4.79 Å². The number of anilines is 4. The number of pyridine rings is 1. The maximum absolute atomic E-state index is 12.0. The Labute approximate surface area is 168 Å². The Kier molecular flexibility index (Phi) is 4.78. The van der Waals surface area contributed by atoms with Crippen LogP contribution in [-0.2, 0) is 0 Å². The largest absolute Gasteiger partial charge is 0.497 e. The van der Waals surface area contributed by atoms with E-state index in [4.69, 9.17) is 10.5 Å². The number of nitrogens with two attached hydrogens (primary N) is 1. The van der Waals surface area contributed by atoms with Gasteiger partial charge < -0.3 is 25.7 Å². The molecule has 4 aromatic rings. The van der Waals surface area contributed by atoms with Crippen LogP contribution in [0.4, 0.5) is 22.9 Å². The molecule has 7 heteroatoms. The summed E-state index contributed by atoms with van der Waals surface area (Å²) in [6, 6.07) is 17.3. The van der Waals surface area contributed by atoms with Crippen LogP contribution in [0.3, 0.4) is 0 Å². The topological polar surface area (TPSA) is 96.3 Å². The molecule has 0 aliphatic heterocycles. The molecule has 2 aromatic carbocycles. The van der Waals surface area contributed by atoms with Crippen LogP contribution in [0.5, 0.6) is 5.75 Å². The molecule has 0 aliphatic carbocycles. The standard InChI is InChI=1S/C22H21N5O2/c1-27(18-5-3-4-14-10-11-24-21(14)18)19-12-20(25-13-17(19)22(23)28)26-15-6-8-16(29-2)9-7-15/h3-13,24H,1-2H3,(H2,23,28)(H,25,26). The molecule has 0 atom stereocenters. The molecule has 29 heavy (non-hydrogen) atoms. The Balaban J connectivity index is 1.73. The van der Waals surface area contributed by atoms with Gasteiger partial charge in [0.1, 0.15) is 11.6 Å². The number of H-pyrrole nitrogens is 1. The summed E-state index contributed by atoms with van der Waals surface area (Å²) in [5, 5.41) is 4.33. The lowest BCUT2D eigenvalue weighted by Crippen LogP contribution is -2.19. The molecule has 0 aliphatic rings. The van der Waals surface area contributed by atoms with Gasteiger partial charge in [-0.25, -0.2) is 4.98 Å². The number of hydrogen-bond donors (Lipinski definition) is 3. The highest BCUT2D eigenvalue weighted by atomic mass is 16.5. The van der Waals surface area contributed by atoms with E-state index in [0.29, 0.717) is 17.1 Å². The summed E-state index contributed by atoms with van der Waals surface area (Å²) < 4.78 is 5.19. The maximum atomic E-state index is 12.0. The van der Waals surface area contributed by atoms with E-state index in [1.54, 1.807) is 7.11 Å². The minimum Gasteiger partial charge on any atom is -0.497 e. The SMILES string of the molecule is COc1ccc(Nc2cc(N(C)c3cccc4cc[nH]c34)c(C(N)=O)cn2)cc1. The van der Waals surface area contributed by atoms with Gasteiger partial charge in [-0.15, -0.1) is 0 Å². The van der Waals surface area contributed by atoms with Crippen LogP contribution < -0.4 is 20.7 Å². The van der Waals surface area contributed by atoms with Gasteiger partial charge in [-0.1, -0.05) is 12.1 Å². The first-order chi connectivity index (χ1) is 14.1. The van der Waals surface area contributed by atoms with E-state index < -0.39 is 5.91 Å². The van der Waals surface area contributed by atoms with Crippen molar-refractivity contribution in [3.63, 3.8) is 0 Å². The summed E-state index contributed by atoms with van der Waals surface area (Å²) >= 11 is 0. The number of hydrogen-bond acceptors (Lipinski definition) is 5. The summed E-state index contributed by atoms with van der Waals surface area (Å²) in [7, 11) is 3.52. The summed E-state index contributed by atoms with van der Waals surface area (Å²) in [5.41, 5.74) is 9.37. The second-order valence-electron chi connectivity index (χ2n) is 6.58. The molecule has 2 aromatic heterocycles. The molecule has 2 heterocycles. The monoisotopic (exact) mass is 387 g/mol. The van der Waals surface area contributed by atoms with Gasteiger partial charge >= 0.3 is 0 Å². The number of carbonyl (C=O) groups is 1. The first-order valence-corrected chi connectivity index (χ1v) is 9.07. The Morgan fingerprint density at radius 2 is 1.93 bits per heavy atom. The number of para-hydroxylation sites is 1. The maximum Gasteiger partial charge on any atom is 0.252 e. The number of carbonyl (C=O) groups excluding carboxylic acids is 1. The van der Waals surface area contributed by atoms with Crippen molar-refractivity contribution in [2.75, 3.05) is 24.4 Å². The van der Waals surface area contributed by atoms with Crippen LogP contribution in [0.2, 0.25) is 0 Å². The molecule has 4 N–H and O–H groups in total. The Morgan fingerprint density at radius 1 is 1.14 bits per heavy atom. The first kappa shape index (κ1) is 18.4. The lowest BCUT2D eigenvalue weighted by atomic mass is 10.1. The number of methoxy groups -OCH3 is 1. The molecule has 1 amide bonds. The highest BCUT2D eigenvalue weighted by molar-refractivity contribution is 6.02. The van der Waals surface area contributed by atoms with E-state index in [2.05, 4.69) is 15.3 Å². The predicted molar refractivity (Wildman–Crippen MR) is 115 cm³/mol. The van der Waals surface area contributed by atoms with E-state index in [1.165, 1.54) is 6.20 Å². The van der Waals surface area contributed by atoms with Gasteiger partial charge in [0.15, 0.2) is 0 Å². The van der Waals surface area contributed by atoms with E-state index in [0.717, 1.165) is 28.0 Å². The molecule has 0 saturated heterocycles. The number of benzene rings is 2. The third-order valence-corrected chi connectivity index (χ3v) is 4.80.